The maximum absolute atomic E-state index is 12.4. The van der Waals surface area contributed by atoms with Crippen molar-refractivity contribution in [3.05, 3.63) is 35.6 Å². The van der Waals surface area contributed by atoms with Gasteiger partial charge in [0, 0.05) is 17.9 Å². The standard InChI is InChI=1S/C19H26NO6P/c1-20-9-8-19(14-4-5-16(22-2)17(12-14)23-3)7-6-15(13-18(19)20)26-27(21)24-10-11-25-27/h4-6,12,18H,7-11,13H2,1-3H3/t18-,19-/m0/s1. The average molecular weight is 395 g/mol. The molecule has 1 aromatic rings. The third-order valence-electron chi connectivity index (χ3n) is 5.94. The van der Waals surface area contributed by atoms with Gasteiger partial charge in [-0.1, -0.05) is 6.07 Å². The Morgan fingerprint density at radius 2 is 1.93 bits per heavy atom. The Labute approximate surface area is 159 Å². The third kappa shape index (κ3) is 3.27. The molecular formula is C19H26NO6P. The molecule has 0 N–H and O–H groups in total. The summed E-state index contributed by atoms with van der Waals surface area (Å²) in [7, 11) is 1.99. The van der Waals surface area contributed by atoms with E-state index in [1.807, 2.05) is 12.1 Å². The second kappa shape index (κ2) is 7.13. The number of likely N-dealkylation sites (N-methyl/N-ethyl adjacent to an activating group) is 1. The fraction of sp³-hybridized carbons (Fsp3) is 0.579. The number of allylic oxidation sites excluding steroid dienone is 1. The molecule has 0 bridgehead atoms. The van der Waals surface area contributed by atoms with E-state index in [0.29, 0.717) is 25.4 Å². The summed E-state index contributed by atoms with van der Waals surface area (Å²) < 4.78 is 39.3. The molecule has 1 aliphatic carbocycles. The number of likely N-dealkylation sites (tertiary alicyclic amines) is 1. The minimum atomic E-state index is -3.44. The molecule has 2 heterocycles. The van der Waals surface area contributed by atoms with Crippen molar-refractivity contribution in [2.24, 2.45) is 0 Å². The number of ether oxygens (including phenoxy) is 2. The lowest BCUT2D eigenvalue weighted by Crippen LogP contribution is -2.43. The molecule has 2 saturated heterocycles. The molecule has 8 heteroatoms. The van der Waals surface area contributed by atoms with Gasteiger partial charge in [-0.15, -0.1) is 0 Å². The number of hydrogen-bond donors (Lipinski definition) is 0. The number of rotatable bonds is 5. The zero-order valence-electron chi connectivity index (χ0n) is 16.0. The highest BCUT2D eigenvalue weighted by molar-refractivity contribution is 7.48. The van der Waals surface area contributed by atoms with Crippen molar-refractivity contribution in [1.29, 1.82) is 0 Å². The van der Waals surface area contributed by atoms with Crippen molar-refractivity contribution in [2.45, 2.75) is 30.7 Å². The number of phosphoric ester groups is 1. The maximum Gasteiger partial charge on any atom is 0.529 e. The van der Waals surface area contributed by atoms with Crippen molar-refractivity contribution >= 4 is 7.82 Å². The number of benzene rings is 1. The van der Waals surface area contributed by atoms with Crippen LogP contribution < -0.4 is 9.47 Å². The molecule has 27 heavy (non-hydrogen) atoms. The number of fused-ring (bicyclic) bond motifs is 1. The average Bonchev–Trinajstić information content (AvgIpc) is 3.26. The van der Waals surface area contributed by atoms with Gasteiger partial charge >= 0.3 is 7.82 Å². The predicted molar refractivity (Wildman–Crippen MR) is 100 cm³/mol. The van der Waals surface area contributed by atoms with Crippen LogP contribution in [0.5, 0.6) is 11.5 Å². The van der Waals surface area contributed by atoms with Crippen LogP contribution in [0, 0.1) is 0 Å². The van der Waals surface area contributed by atoms with E-state index >= 15 is 0 Å². The predicted octanol–water partition coefficient (Wildman–Crippen LogP) is 3.49. The molecule has 1 aromatic carbocycles. The van der Waals surface area contributed by atoms with Crippen molar-refractivity contribution in [3.8, 4) is 11.5 Å². The highest BCUT2D eigenvalue weighted by Gasteiger charge is 2.50. The number of hydrogen-bond acceptors (Lipinski definition) is 7. The summed E-state index contributed by atoms with van der Waals surface area (Å²) in [5.74, 6) is 2.15. The third-order valence-corrected chi connectivity index (χ3v) is 7.39. The summed E-state index contributed by atoms with van der Waals surface area (Å²) in [6, 6.07) is 6.41. The van der Waals surface area contributed by atoms with Gasteiger partial charge in [0.05, 0.1) is 27.4 Å². The smallest absolute Gasteiger partial charge is 0.493 e. The van der Waals surface area contributed by atoms with E-state index in [9.17, 15) is 4.57 Å². The van der Waals surface area contributed by atoms with Gasteiger partial charge in [0.1, 0.15) is 5.76 Å². The van der Waals surface area contributed by atoms with Crippen LogP contribution in [0.2, 0.25) is 0 Å². The Bertz CT molecular complexity index is 786. The van der Waals surface area contributed by atoms with E-state index in [4.69, 9.17) is 23.0 Å². The number of phosphoric acid groups is 1. The van der Waals surface area contributed by atoms with Gasteiger partial charge < -0.3 is 18.9 Å². The van der Waals surface area contributed by atoms with Crippen molar-refractivity contribution in [3.63, 3.8) is 0 Å². The van der Waals surface area contributed by atoms with Crippen LogP contribution in [-0.4, -0.2) is 52.0 Å². The first-order valence-electron chi connectivity index (χ1n) is 9.20. The van der Waals surface area contributed by atoms with Crippen LogP contribution in [0.4, 0.5) is 0 Å². The van der Waals surface area contributed by atoms with E-state index in [1.54, 1.807) is 14.2 Å². The highest BCUT2D eigenvalue weighted by Crippen LogP contribution is 2.57. The molecule has 4 rings (SSSR count). The topological polar surface area (TPSA) is 66.5 Å². The molecule has 0 aromatic heterocycles. The normalized spacial score (nSPS) is 29.9. The molecule has 3 aliphatic rings. The molecular weight excluding hydrogens is 369 g/mol. The Morgan fingerprint density at radius 1 is 1.19 bits per heavy atom. The summed E-state index contributed by atoms with van der Waals surface area (Å²) in [6.07, 6.45) is 4.55. The van der Waals surface area contributed by atoms with Gasteiger partial charge in [-0.05, 0) is 50.2 Å². The molecule has 148 valence electrons. The summed E-state index contributed by atoms with van der Waals surface area (Å²) in [5.41, 5.74) is 1.19. The van der Waals surface area contributed by atoms with Crippen molar-refractivity contribution in [1.82, 2.24) is 4.90 Å². The Morgan fingerprint density at radius 3 is 2.63 bits per heavy atom. The van der Waals surface area contributed by atoms with E-state index in [0.717, 1.165) is 30.9 Å². The van der Waals surface area contributed by atoms with Crippen LogP contribution >= 0.6 is 7.82 Å². The second-order valence-corrected chi connectivity index (χ2v) is 8.85. The zero-order chi connectivity index (χ0) is 19.1. The number of nitrogens with zero attached hydrogens (tertiary/aromatic N) is 1. The molecule has 2 atom stereocenters. The van der Waals surface area contributed by atoms with Gasteiger partial charge in [-0.25, -0.2) is 4.57 Å². The minimum Gasteiger partial charge on any atom is -0.493 e. The van der Waals surface area contributed by atoms with E-state index in [2.05, 4.69) is 24.1 Å². The van der Waals surface area contributed by atoms with E-state index < -0.39 is 7.82 Å². The molecule has 0 spiro atoms. The second-order valence-electron chi connectivity index (χ2n) is 7.26. The van der Waals surface area contributed by atoms with Gasteiger partial charge in [-0.2, -0.15) is 0 Å². The Hall–Kier alpha value is -1.53. The molecule has 0 radical (unpaired) electrons. The Balaban J connectivity index is 1.64. The zero-order valence-corrected chi connectivity index (χ0v) is 16.9. The quantitative estimate of drug-likeness (QED) is 0.707. The summed E-state index contributed by atoms with van der Waals surface area (Å²) >= 11 is 0. The largest absolute Gasteiger partial charge is 0.529 e. The Kier molecular flexibility index (Phi) is 4.97. The van der Waals surface area contributed by atoms with Crippen LogP contribution in [0.3, 0.4) is 0 Å². The first-order valence-corrected chi connectivity index (χ1v) is 10.7. The SMILES string of the molecule is COc1ccc([C@@]23CC=C(OP4(=O)OCCO4)C[C@@H]2N(C)CC3)cc1OC. The lowest BCUT2D eigenvalue weighted by molar-refractivity contribution is 0.177. The van der Waals surface area contributed by atoms with Gasteiger partial charge in [0.2, 0.25) is 0 Å². The van der Waals surface area contributed by atoms with Crippen LogP contribution in [0.1, 0.15) is 24.8 Å². The van der Waals surface area contributed by atoms with Gasteiger partial charge in [0.15, 0.2) is 11.5 Å². The number of methoxy groups -OCH3 is 2. The fourth-order valence-corrected chi connectivity index (χ4v) is 5.70. The minimum absolute atomic E-state index is 0.0347. The molecule has 7 nitrogen and oxygen atoms in total. The molecule has 0 unspecified atom stereocenters. The van der Waals surface area contributed by atoms with Crippen molar-refractivity contribution in [2.75, 3.05) is 41.0 Å². The van der Waals surface area contributed by atoms with Crippen LogP contribution in [0.15, 0.2) is 30.0 Å². The molecule has 2 fully saturated rings. The summed E-state index contributed by atoms with van der Waals surface area (Å²) in [6.45, 7) is 1.61. The van der Waals surface area contributed by atoms with Gasteiger partial charge in [0.25, 0.3) is 0 Å². The maximum atomic E-state index is 12.4. The van der Waals surface area contributed by atoms with Gasteiger partial charge in [-0.3, -0.25) is 9.05 Å². The van der Waals surface area contributed by atoms with Crippen LogP contribution in [0.25, 0.3) is 0 Å². The first-order chi connectivity index (χ1) is 13.0. The molecule has 0 saturated carbocycles. The van der Waals surface area contributed by atoms with E-state index in [1.165, 1.54) is 5.56 Å². The summed E-state index contributed by atoms with van der Waals surface area (Å²) in [5, 5.41) is 0. The van der Waals surface area contributed by atoms with Crippen LogP contribution in [-0.2, 0) is 23.6 Å². The lowest BCUT2D eigenvalue weighted by atomic mass is 9.68. The lowest BCUT2D eigenvalue weighted by Gasteiger charge is -2.41. The summed E-state index contributed by atoms with van der Waals surface area (Å²) in [4.78, 5) is 2.35. The van der Waals surface area contributed by atoms with E-state index in [-0.39, 0.29) is 11.5 Å². The fourth-order valence-electron chi connectivity index (χ4n) is 4.49. The van der Waals surface area contributed by atoms with Crippen molar-refractivity contribution < 1.29 is 27.6 Å². The first kappa shape index (κ1) is 18.8. The molecule has 2 aliphatic heterocycles. The molecule has 0 amide bonds. The highest BCUT2D eigenvalue weighted by atomic mass is 31.2. The monoisotopic (exact) mass is 395 g/mol.